The van der Waals surface area contributed by atoms with E-state index in [0.29, 0.717) is 12.3 Å². The van der Waals surface area contributed by atoms with Gasteiger partial charge in [-0.05, 0) is 38.8 Å². The van der Waals surface area contributed by atoms with Crippen LogP contribution in [0.1, 0.15) is 25.7 Å². The fraction of sp³-hybridized carbons (Fsp3) is 0.857. The Morgan fingerprint density at radius 2 is 2.10 bits per heavy atom. The van der Waals surface area contributed by atoms with Crippen molar-refractivity contribution < 1.29 is 14.7 Å². The van der Waals surface area contributed by atoms with Gasteiger partial charge in [0.2, 0.25) is 0 Å². The molecule has 1 aliphatic heterocycles. The molecular formula is C14H25N3O3. The van der Waals surface area contributed by atoms with E-state index in [-0.39, 0.29) is 12.1 Å². The maximum Gasteiger partial charge on any atom is 0.317 e. The number of rotatable bonds is 4. The van der Waals surface area contributed by atoms with E-state index in [4.69, 9.17) is 5.11 Å². The average Bonchev–Trinajstić information content (AvgIpc) is 2.98. The van der Waals surface area contributed by atoms with Gasteiger partial charge in [-0.25, -0.2) is 4.79 Å². The number of carbonyl (C=O) groups excluding carboxylic acids is 1. The van der Waals surface area contributed by atoms with Crippen LogP contribution >= 0.6 is 0 Å². The SMILES string of the molecule is CN1CCC(CN(C)C(=O)NC2CCCC2C(=O)O)C1. The molecule has 0 radical (unpaired) electrons. The van der Waals surface area contributed by atoms with Crippen molar-refractivity contribution in [3.63, 3.8) is 0 Å². The van der Waals surface area contributed by atoms with Gasteiger partial charge >= 0.3 is 12.0 Å². The van der Waals surface area contributed by atoms with Crippen molar-refractivity contribution in [2.45, 2.75) is 31.7 Å². The molecule has 2 N–H and O–H groups in total. The normalized spacial score (nSPS) is 30.4. The molecule has 1 saturated carbocycles. The zero-order valence-corrected chi connectivity index (χ0v) is 12.3. The first-order chi connectivity index (χ1) is 9.47. The summed E-state index contributed by atoms with van der Waals surface area (Å²) in [7, 11) is 3.88. The number of aliphatic carboxylic acids is 1. The third kappa shape index (κ3) is 3.62. The molecular weight excluding hydrogens is 258 g/mol. The summed E-state index contributed by atoms with van der Waals surface area (Å²) >= 11 is 0. The molecule has 0 spiro atoms. The van der Waals surface area contributed by atoms with Crippen LogP contribution in [0.2, 0.25) is 0 Å². The van der Waals surface area contributed by atoms with E-state index in [1.807, 2.05) is 0 Å². The van der Waals surface area contributed by atoms with Crippen molar-refractivity contribution in [1.29, 1.82) is 0 Å². The minimum Gasteiger partial charge on any atom is -0.481 e. The van der Waals surface area contributed by atoms with Gasteiger partial charge in [-0.3, -0.25) is 4.79 Å². The maximum absolute atomic E-state index is 12.1. The van der Waals surface area contributed by atoms with Gasteiger partial charge < -0.3 is 20.2 Å². The van der Waals surface area contributed by atoms with Crippen molar-refractivity contribution in [2.75, 3.05) is 33.7 Å². The standard InChI is InChI=1S/C14H25N3O3/c1-16-7-6-10(8-16)9-17(2)14(20)15-12-5-3-4-11(12)13(18)19/h10-12H,3-9H2,1-2H3,(H,15,20)(H,18,19). The van der Waals surface area contributed by atoms with Crippen LogP contribution in [0.5, 0.6) is 0 Å². The Hall–Kier alpha value is -1.30. The highest BCUT2D eigenvalue weighted by molar-refractivity contribution is 5.77. The number of hydrogen-bond acceptors (Lipinski definition) is 3. The van der Waals surface area contributed by atoms with Crippen LogP contribution < -0.4 is 5.32 Å². The minimum absolute atomic E-state index is 0.141. The lowest BCUT2D eigenvalue weighted by Gasteiger charge is -2.25. The Morgan fingerprint density at radius 3 is 2.70 bits per heavy atom. The molecule has 3 unspecified atom stereocenters. The first-order valence-electron chi connectivity index (χ1n) is 7.40. The molecule has 2 fully saturated rings. The van der Waals surface area contributed by atoms with E-state index in [2.05, 4.69) is 17.3 Å². The fourth-order valence-electron chi connectivity index (χ4n) is 3.34. The number of urea groups is 1. The lowest BCUT2D eigenvalue weighted by molar-refractivity contribution is -0.142. The second-order valence-corrected chi connectivity index (χ2v) is 6.23. The summed E-state index contributed by atoms with van der Waals surface area (Å²) in [4.78, 5) is 27.2. The summed E-state index contributed by atoms with van der Waals surface area (Å²) in [5.74, 6) is -0.701. The summed E-state index contributed by atoms with van der Waals surface area (Å²) in [6.45, 7) is 2.85. The van der Waals surface area contributed by atoms with Gasteiger partial charge in [0.25, 0.3) is 0 Å². The summed E-state index contributed by atoms with van der Waals surface area (Å²) in [5, 5.41) is 12.0. The highest BCUT2D eigenvalue weighted by Crippen LogP contribution is 2.26. The third-order valence-corrected chi connectivity index (χ3v) is 4.51. The zero-order chi connectivity index (χ0) is 14.7. The van der Waals surface area contributed by atoms with Crippen LogP contribution in [-0.4, -0.2) is 66.7 Å². The van der Waals surface area contributed by atoms with Crippen LogP contribution in [0.3, 0.4) is 0 Å². The number of likely N-dealkylation sites (tertiary alicyclic amines) is 1. The molecule has 1 heterocycles. The first-order valence-corrected chi connectivity index (χ1v) is 7.40. The van der Waals surface area contributed by atoms with E-state index >= 15 is 0 Å². The van der Waals surface area contributed by atoms with Crippen molar-refractivity contribution >= 4 is 12.0 Å². The second-order valence-electron chi connectivity index (χ2n) is 6.23. The van der Waals surface area contributed by atoms with Crippen LogP contribution in [0.4, 0.5) is 4.79 Å². The molecule has 3 atom stereocenters. The monoisotopic (exact) mass is 283 g/mol. The predicted octanol–water partition coefficient (Wildman–Crippen LogP) is 0.833. The van der Waals surface area contributed by atoms with Crippen molar-refractivity contribution in [3.8, 4) is 0 Å². The zero-order valence-electron chi connectivity index (χ0n) is 12.3. The van der Waals surface area contributed by atoms with Crippen LogP contribution in [0, 0.1) is 11.8 Å². The second kappa shape index (κ2) is 6.43. The van der Waals surface area contributed by atoms with Gasteiger partial charge in [0.1, 0.15) is 0 Å². The first kappa shape index (κ1) is 15.1. The van der Waals surface area contributed by atoms with E-state index < -0.39 is 11.9 Å². The number of carbonyl (C=O) groups is 2. The smallest absolute Gasteiger partial charge is 0.317 e. The Morgan fingerprint density at radius 1 is 1.35 bits per heavy atom. The maximum atomic E-state index is 12.1. The summed E-state index contributed by atoms with van der Waals surface area (Å²) in [6.07, 6.45) is 3.43. The molecule has 6 nitrogen and oxygen atoms in total. The van der Waals surface area contributed by atoms with Gasteiger partial charge in [0.05, 0.1) is 5.92 Å². The molecule has 1 aliphatic carbocycles. The highest BCUT2D eigenvalue weighted by Gasteiger charge is 2.34. The van der Waals surface area contributed by atoms with E-state index in [0.717, 1.165) is 38.9 Å². The molecule has 0 aromatic rings. The summed E-state index contributed by atoms with van der Waals surface area (Å²) in [5.41, 5.74) is 0. The minimum atomic E-state index is -0.798. The van der Waals surface area contributed by atoms with Crippen molar-refractivity contribution in [2.24, 2.45) is 11.8 Å². The number of amides is 2. The lowest BCUT2D eigenvalue weighted by atomic mass is 10.0. The Balaban J connectivity index is 1.80. The van der Waals surface area contributed by atoms with Crippen molar-refractivity contribution in [3.05, 3.63) is 0 Å². The Bertz CT molecular complexity index is 375. The van der Waals surface area contributed by atoms with E-state index in [9.17, 15) is 9.59 Å². The fourth-order valence-corrected chi connectivity index (χ4v) is 3.34. The highest BCUT2D eigenvalue weighted by atomic mass is 16.4. The largest absolute Gasteiger partial charge is 0.481 e. The molecule has 0 aromatic heterocycles. The van der Waals surface area contributed by atoms with Gasteiger partial charge in [-0.15, -0.1) is 0 Å². The summed E-state index contributed by atoms with van der Waals surface area (Å²) in [6, 6.07) is -0.355. The molecule has 2 aliphatic rings. The van der Waals surface area contributed by atoms with Gasteiger partial charge in [0.15, 0.2) is 0 Å². The predicted molar refractivity (Wildman–Crippen MR) is 75.5 cm³/mol. The average molecular weight is 283 g/mol. The molecule has 0 bridgehead atoms. The molecule has 2 rings (SSSR count). The summed E-state index contributed by atoms with van der Waals surface area (Å²) < 4.78 is 0. The lowest BCUT2D eigenvalue weighted by Crippen LogP contribution is -2.47. The van der Waals surface area contributed by atoms with Crippen molar-refractivity contribution in [1.82, 2.24) is 15.1 Å². The van der Waals surface area contributed by atoms with Gasteiger partial charge in [0, 0.05) is 26.2 Å². The van der Waals surface area contributed by atoms with Gasteiger partial charge in [-0.1, -0.05) is 6.42 Å². The Kier molecular flexibility index (Phi) is 4.86. The molecule has 6 heteroatoms. The molecule has 114 valence electrons. The van der Waals surface area contributed by atoms with Crippen LogP contribution in [0.15, 0.2) is 0 Å². The quantitative estimate of drug-likeness (QED) is 0.801. The van der Waals surface area contributed by atoms with Crippen LogP contribution in [0.25, 0.3) is 0 Å². The molecule has 1 saturated heterocycles. The molecule has 20 heavy (non-hydrogen) atoms. The number of nitrogens with zero attached hydrogens (tertiary/aromatic N) is 2. The number of nitrogens with one attached hydrogen (secondary N) is 1. The van der Waals surface area contributed by atoms with Gasteiger partial charge in [-0.2, -0.15) is 0 Å². The third-order valence-electron chi connectivity index (χ3n) is 4.51. The topological polar surface area (TPSA) is 72.9 Å². The number of carboxylic acid groups (broad SMARTS) is 1. The van der Waals surface area contributed by atoms with Crippen LogP contribution in [-0.2, 0) is 4.79 Å². The number of hydrogen-bond donors (Lipinski definition) is 2. The van der Waals surface area contributed by atoms with E-state index in [1.54, 1.807) is 11.9 Å². The molecule has 2 amide bonds. The Labute approximate surface area is 120 Å². The molecule has 0 aromatic carbocycles. The van der Waals surface area contributed by atoms with E-state index in [1.165, 1.54) is 0 Å². The number of carboxylic acids is 1.